The highest BCUT2D eigenvalue weighted by atomic mass is 35.5. The summed E-state index contributed by atoms with van der Waals surface area (Å²) in [6.45, 7) is 2.58. The minimum Gasteiger partial charge on any atom is -0.478 e. The average Bonchev–Trinajstić information content (AvgIpc) is 2.55. The van der Waals surface area contributed by atoms with E-state index in [4.69, 9.17) is 16.3 Å². The van der Waals surface area contributed by atoms with Gasteiger partial charge in [0.2, 0.25) is 6.10 Å². The van der Waals surface area contributed by atoms with E-state index in [1.807, 2.05) is 37.3 Å². The van der Waals surface area contributed by atoms with Gasteiger partial charge in [0, 0.05) is 12.4 Å². The predicted octanol–water partition coefficient (Wildman–Crippen LogP) is 3.56. The second-order valence-corrected chi connectivity index (χ2v) is 5.81. The van der Waals surface area contributed by atoms with Crippen molar-refractivity contribution < 1.29 is 9.53 Å². The minimum atomic E-state index is -0.478. The fourth-order valence-corrected chi connectivity index (χ4v) is 2.92. The van der Waals surface area contributed by atoms with Crippen LogP contribution in [-0.2, 0) is 4.79 Å². The lowest BCUT2D eigenvalue weighted by molar-refractivity contribution is -0.163. The van der Waals surface area contributed by atoms with E-state index in [2.05, 4.69) is 24.3 Å². The number of nitrogens with zero attached hydrogens (tertiary/aromatic N) is 1. The van der Waals surface area contributed by atoms with Gasteiger partial charge in [0.15, 0.2) is 0 Å². The highest BCUT2D eigenvalue weighted by Gasteiger charge is 2.49. The normalized spacial score (nSPS) is 20.6. The molecule has 1 aliphatic heterocycles. The van der Waals surface area contributed by atoms with Crippen molar-refractivity contribution in [3.8, 4) is 5.75 Å². The van der Waals surface area contributed by atoms with Gasteiger partial charge in [0.25, 0.3) is 5.91 Å². The van der Waals surface area contributed by atoms with E-state index < -0.39 is 6.10 Å². The van der Waals surface area contributed by atoms with Crippen LogP contribution >= 0.6 is 11.6 Å². The van der Waals surface area contributed by atoms with Crippen molar-refractivity contribution in [1.82, 2.24) is 4.90 Å². The summed E-state index contributed by atoms with van der Waals surface area (Å²) in [7, 11) is 0. The molecule has 22 heavy (non-hydrogen) atoms. The molecule has 4 heteroatoms. The first kappa shape index (κ1) is 14.9. The molecule has 0 aromatic heterocycles. The number of carbonyl (C=O) groups is 1. The largest absolute Gasteiger partial charge is 0.478 e. The third-order valence-electron chi connectivity index (χ3n) is 3.90. The Bertz CT molecular complexity index is 642. The highest BCUT2D eigenvalue weighted by Crippen LogP contribution is 2.37. The molecule has 1 fully saturated rings. The summed E-state index contributed by atoms with van der Waals surface area (Å²) in [4.78, 5) is 14.1. The van der Waals surface area contributed by atoms with Crippen LogP contribution in [0.5, 0.6) is 5.75 Å². The van der Waals surface area contributed by atoms with Crippen molar-refractivity contribution >= 4 is 17.5 Å². The Kier molecular flexibility index (Phi) is 4.34. The number of halogens is 1. The number of alkyl halides is 1. The average molecular weight is 316 g/mol. The number of benzene rings is 2. The van der Waals surface area contributed by atoms with E-state index in [0.717, 1.165) is 5.56 Å². The van der Waals surface area contributed by atoms with Gasteiger partial charge < -0.3 is 9.64 Å². The van der Waals surface area contributed by atoms with Crippen molar-refractivity contribution in [1.29, 1.82) is 0 Å². The number of hydrogen-bond acceptors (Lipinski definition) is 2. The number of ether oxygens (including phenoxy) is 1. The molecule has 0 N–H and O–H groups in total. The number of β-lactam (4-membered cyclic amide) rings is 1. The molecule has 1 heterocycles. The van der Waals surface area contributed by atoms with E-state index in [1.165, 1.54) is 5.56 Å². The molecular weight excluding hydrogens is 298 g/mol. The fraction of sp³-hybridized carbons (Fsp3) is 0.278. The fourth-order valence-electron chi connectivity index (χ4n) is 2.74. The number of para-hydroxylation sites is 1. The van der Waals surface area contributed by atoms with Crippen molar-refractivity contribution in [2.24, 2.45) is 0 Å². The maximum Gasteiger partial charge on any atom is 0.266 e. The lowest BCUT2D eigenvalue weighted by Crippen LogP contribution is -2.61. The molecule has 0 unspecified atom stereocenters. The zero-order chi connectivity index (χ0) is 15.5. The smallest absolute Gasteiger partial charge is 0.266 e. The number of aryl methyl sites for hydroxylation is 1. The van der Waals surface area contributed by atoms with Crippen molar-refractivity contribution in [2.45, 2.75) is 19.1 Å². The van der Waals surface area contributed by atoms with Gasteiger partial charge in [0.05, 0.1) is 0 Å². The molecule has 0 aliphatic carbocycles. The maximum absolute atomic E-state index is 12.3. The van der Waals surface area contributed by atoms with Gasteiger partial charge in [-0.15, -0.1) is 11.6 Å². The van der Waals surface area contributed by atoms with Crippen molar-refractivity contribution in [3.63, 3.8) is 0 Å². The molecule has 2 aromatic carbocycles. The van der Waals surface area contributed by atoms with E-state index in [9.17, 15) is 4.79 Å². The molecule has 114 valence electrons. The maximum atomic E-state index is 12.3. The van der Waals surface area contributed by atoms with Crippen LogP contribution in [0.25, 0.3) is 0 Å². The Balaban J connectivity index is 1.84. The first-order valence-corrected chi connectivity index (χ1v) is 7.89. The van der Waals surface area contributed by atoms with Gasteiger partial charge in [-0.1, -0.05) is 48.0 Å². The molecule has 1 amide bonds. The van der Waals surface area contributed by atoms with Crippen LogP contribution in [0.1, 0.15) is 17.2 Å². The topological polar surface area (TPSA) is 29.5 Å². The number of likely N-dealkylation sites (tertiary alicyclic amines) is 1. The van der Waals surface area contributed by atoms with Crippen LogP contribution in [0.3, 0.4) is 0 Å². The predicted molar refractivity (Wildman–Crippen MR) is 87.2 cm³/mol. The first-order chi connectivity index (χ1) is 10.7. The van der Waals surface area contributed by atoms with Crippen LogP contribution in [0.2, 0.25) is 0 Å². The molecule has 2 aromatic rings. The first-order valence-electron chi connectivity index (χ1n) is 7.35. The van der Waals surface area contributed by atoms with Crippen LogP contribution in [0.4, 0.5) is 0 Å². The minimum absolute atomic E-state index is 0.00456. The SMILES string of the molecule is Cc1ccc([C@@H]2[C@H](Oc3ccccc3)C(=O)N2CCCl)cc1. The third-order valence-corrected chi connectivity index (χ3v) is 4.07. The molecular formula is C18H18ClNO2. The van der Waals surface area contributed by atoms with Gasteiger partial charge in [-0.2, -0.15) is 0 Å². The van der Waals surface area contributed by atoms with E-state index in [1.54, 1.807) is 4.90 Å². The molecule has 3 nitrogen and oxygen atoms in total. The number of carbonyl (C=O) groups excluding carboxylic acids is 1. The Hall–Kier alpha value is -2.00. The second-order valence-electron chi connectivity index (χ2n) is 5.43. The summed E-state index contributed by atoms with van der Waals surface area (Å²) in [5.41, 5.74) is 2.27. The summed E-state index contributed by atoms with van der Waals surface area (Å²) in [5, 5.41) is 0. The Morgan fingerprint density at radius 2 is 1.77 bits per heavy atom. The highest BCUT2D eigenvalue weighted by molar-refractivity contribution is 6.18. The molecule has 1 saturated heterocycles. The summed E-state index contributed by atoms with van der Waals surface area (Å²) in [6, 6.07) is 17.6. The van der Waals surface area contributed by atoms with Gasteiger partial charge in [-0.3, -0.25) is 4.79 Å². The van der Waals surface area contributed by atoms with Crippen molar-refractivity contribution in [2.75, 3.05) is 12.4 Å². The summed E-state index contributed by atoms with van der Waals surface area (Å²) >= 11 is 5.83. The van der Waals surface area contributed by atoms with Crippen LogP contribution < -0.4 is 4.74 Å². The number of rotatable bonds is 5. The Labute approximate surface area is 135 Å². The summed E-state index contributed by atoms with van der Waals surface area (Å²) in [6.07, 6.45) is -0.478. The molecule has 2 atom stereocenters. The van der Waals surface area contributed by atoms with Crippen LogP contribution in [0.15, 0.2) is 54.6 Å². The number of hydrogen-bond donors (Lipinski definition) is 0. The zero-order valence-corrected chi connectivity index (χ0v) is 13.2. The molecule has 3 rings (SSSR count). The molecule has 1 aliphatic rings. The summed E-state index contributed by atoms with van der Waals surface area (Å²) in [5.74, 6) is 1.13. The van der Waals surface area contributed by atoms with Crippen LogP contribution in [0, 0.1) is 6.92 Å². The van der Waals surface area contributed by atoms with Gasteiger partial charge in [0.1, 0.15) is 11.8 Å². The van der Waals surface area contributed by atoms with E-state index >= 15 is 0 Å². The Morgan fingerprint density at radius 1 is 1.09 bits per heavy atom. The third kappa shape index (κ3) is 2.81. The molecule has 0 saturated carbocycles. The van der Waals surface area contributed by atoms with E-state index in [0.29, 0.717) is 18.2 Å². The van der Waals surface area contributed by atoms with Gasteiger partial charge >= 0.3 is 0 Å². The van der Waals surface area contributed by atoms with Gasteiger partial charge in [-0.25, -0.2) is 0 Å². The zero-order valence-electron chi connectivity index (χ0n) is 12.4. The van der Waals surface area contributed by atoms with Gasteiger partial charge in [-0.05, 0) is 24.6 Å². The monoisotopic (exact) mass is 315 g/mol. The standard InChI is InChI=1S/C18H18ClNO2/c1-13-7-9-14(10-8-13)16-17(18(21)20(16)12-11-19)22-15-5-3-2-4-6-15/h2-10,16-17H,11-12H2,1H3/t16-,17+/m1/s1. The Morgan fingerprint density at radius 3 is 2.41 bits per heavy atom. The quantitative estimate of drug-likeness (QED) is 0.623. The molecule has 0 spiro atoms. The number of amides is 1. The lowest BCUT2D eigenvalue weighted by atomic mass is 9.90. The lowest BCUT2D eigenvalue weighted by Gasteiger charge is -2.46. The molecule has 0 radical (unpaired) electrons. The van der Waals surface area contributed by atoms with Crippen molar-refractivity contribution in [3.05, 3.63) is 65.7 Å². The van der Waals surface area contributed by atoms with E-state index in [-0.39, 0.29) is 11.9 Å². The molecule has 0 bridgehead atoms. The summed E-state index contributed by atoms with van der Waals surface area (Å²) < 4.78 is 5.90. The second kappa shape index (κ2) is 6.41. The van der Waals surface area contributed by atoms with Crippen LogP contribution in [-0.4, -0.2) is 29.3 Å².